The van der Waals surface area contributed by atoms with Crippen molar-refractivity contribution in [2.45, 2.75) is 85.2 Å². The number of benzene rings is 2. The molecular weight excluding hydrogens is 448 g/mol. The van der Waals surface area contributed by atoms with Crippen molar-refractivity contribution in [1.29, 1.82) is 0 Å². The van der Waals surface area contributed by atoms with Crippen LogP contribution in [-0.4, -0.2) is 35.9 Å². The Morgan fingerprint density at radius 3 is 2.50 bits per heavy atom. The molecule has 0 radical (unpaired) electrons. The van der Waals surface area contributed by atoms with Gasteiger partial charge in [-0.3, -0.25) is 9.59 Å². The van der Waals surface area contributed by atoms with Crippen LogP contribution in [0.25, 0.3) is 0 Å². The van der Waals surface area contributed by atoms with Gasteiger partial charge in [0.25, 0.3) is 11.8 Å². The topological polar surface area (TPSA) is 49.9 Å². The third-order valence-corrected chi connectivity index (χ3v) is 8.78. The molecule has 2 fully saturated rings. The first-order valence-electron chi connectivity index (χ1n) is 13.4. The molecule has 5 nitrogen and oxygen atoms in total. The van der Waals surface area contributed by atoms with Gasteiger partial charge in [0, 0.05) is 18.2 Å². The molecule has 3 aliphatic rings. The lowest BCUT2D eigenvalue weighted by molar-refractivity contribution is -0.121. The van der Waals surface area contributed by atoms with E-state index in [2.05, 4.69) is 58.6 Å². The Labute approximate surface area is 215 Å². The van der Waals surface area contributed by atoms with Gasteiger partial charge in [0.2, 0.25) is 0 Å². The number of ether oxygens (including phenoxy) is 1. The number of anilines is 1. The fourth-order valence-electron chi connectivity index (χ4n) is 6.80. The number of likely N-dealkylation sites (tertiary alicyclic amines) is 1. The molecule has 2 aliphatic heterocycles. The van der Waals surface area contributed by atoms with Crippen LogP contribution in [0.5, 0.6) is 5.75 Å². The summed E-state index contributed by atoms with van der Waals surface area (Å²) in [6, 6.07) is 14.3. The summed E-state index contributed by atoms with van der Waals surface area (Å²) in [4.78, 5) is 30.3. The lowest BCUT2D eigenvalue weighted by atomic mass is 9.65. The minimum absolute atomic E-state index is 0.0172. The Morgan fingerprint density at radius 1 is 1.08 bits per heavy atom. The Hall–Kier alpha value is -2.82. The zero-order valence-corrected chi connectivity index (χ0v) is 22.7. The first-order valence-corrected chi connectivity index (χ1v) is 13.4. The number of carbonyl (C=O) groups excluding carboxylic acids is 2. The van der Waals surface area contributed by atoms with Gasteiger partial charge in [-0.2, -0.15) is 0 Å². The fourth-order valence-corrected chi connectivity index (χ4v) is 6.80. The van der Waals surface area contributed by atoms with Crippen molar-refractivity contribution in [1.82, 2.24) is 4.90 Å². The molecule has 2 atom stereocenters. The Bertz CT molecular complexity index is 1180. The first-order chi connectivity index (χ1) is 16.9. The van der Waals surface area contributed by atoms with Crippen LogP contribution in [0.4, 0.5) is 5.69 Å². The van der Waals surface area contributed by atoms with E-state index in [4.69, 9.17) is 4.74 Å². The minimum Gasteiger partial charge on any atom is -0.482 e. The molecule has 2 amide bonds. The maximum Gasteiger partial charge on any atom is 0.265 e. The van der Waals surface area contributed by atoms with Crippen LogP contribution in [0.2, 0.25) is 0 Å². The van der Waals surface area contributed by atoms with Gasteiger partial charge in [-0.15, -0.1) is 0 Å². The SMILES string of the molecule is CCC(C)(C)c1ccc2c(c1)N(Cc1ccc(C(=O)N3CC4(C)CC3CC(C)(C)C4)cc1)C(=O)CO2. The monoisotopic (exact) mass is 488 g/mol. The first kappa shape index (κ1) is 24.9. The molecule has 0 aromatic heterocycles. The van der Waals surface area contributed by atoms with Crippen molar-refractivity contribution in [3.8, 4) is 5.75 Å². The molecule has 2 heterocycles. The molecule has 2 unspecified atom stereocenters. The van der Waals surface area contributed by atoms with E-state index < -0.39 is 0 Å². The summed E-state index contributed by atoms with van der Waals surface area (Å²) in [6.07, 6.45) is 4.35. The quantitative estimate of drug-likeness (QED) is 0.493. The average Bonchev–Trinajstić information content (AvgIpc) is 3.09. The smallest absolute Gasteiger partial charge is 0.265 e. The summed E-state index contributed by atoms with van der Waals surface area (Å²) in [5, 5.41) is 0. The third-order valence-electron chi connectivity index (χ3n) is 8.78. The van der Waals surface area contributed by atoms with Crippen LogP contribution in [0, 0.1) is 10.8 Å². The van der Waals surface area contributed by atoms with E-state index in [1.54, 1.807) is 0 Å². The summed E-state index contributed by atoms with van der Waals surface area (Å²) in [5.74, 6) is 0.829. The van der Waals surface area contributed by atoms with Gasteiger partial charge in [-0.1, -0.05) is 59.7 Å². The maximum absolute atomic E-state index is 13.5. The summed E-state index contributed by atoms with van der Waals surface area (Å²) in [7, 11) is 0. The van der Waals surface area contributed by atoms with Crippen LogP contribution in [-0.2, 0) is 16.8 Å². The van der Waals surface area contributed by atoms with Gasteiger partial charge in [0.15, 0.2) is 6.61 Å². The number of amides is 2. The van der Waals surface area contributed by atoms with Crippen molar-refractivity contribution >= 4 is 17.5 Å². The minimum atomic E-state index is -0.0469. The summed E-state index contributed by atoms with van der Waals surface area (Å²) < 4.78 is 5.73. The van der Waals surface area contributed by atoms with E-state index in [0.717, 1.165) is 48.4 Å². The molecule has 5 rings (SSSR count). The maximum atomic E-state index is 13.5. The van der Waals surface area contributed by atoms with Crippen LogP contribution >= 0.6 is 0 Å². The highest BCUT2D eigenvalue weighted by Crippen LogP contribution is 2.52. The number of carbonyl (C=O) groups is 2. The van der Waals surface area contributed by atoms with Gasteiger partial charge >= 0.3 is 0 Å². The largest absolute Gasteiger partial charge is 0.482 e. The zero-order chi connectivity index (χ0) is 25.9. The van der Waals surface area contributed by atoms with Crippen molar-refractivity contribution in [2.24, 2.45) is 10.8 Å². The molecule has 2 bridgehead atoms. The van der Waals surface area contributed by atoms with Gasteiger partial charge in [0.05, 0.1) is 12.2 Å². The number of fused-ring (bicyclic) bond motifs is 3. The van der Waals surface area contributed by atoms with Crippen LogP contribution < -0.4 is 9.64 Å². The molecule has 0 N–H and O–H groups in total. The van der Waals surface area contributed by atoms with E-state index in [-0.39, 0.29) is 34.7 Å². The number of nitrogens with zero attached hydrogens (tertiary/aromatic N) is 2. The molecule has 36 heavy (non-hydrogen) atoms. The third kappa shape index (κ3) is 4.53. The molecule has 0 spiro atoms. The second kappa shape index (κ2) is 8.64. The highest BCUT2D eigenvalue weighted by Gasteiger charge is 2.51. The van der Waals surface area contributed by atoms with E-state index in [9.17, 15) is 9.59 Å². The summed E-state index contributed by atoms with van der Waals surface area (Å²) >= 11 is 0. The van der Waals surface area contributed by atoms with Gasteiger partial charge < -0.3 is 14.5 Å². The van der Waals surface area contributed by atoms with E-state index in [0.29, 0.717) is 12.6 Å². The summed E-state index contributed by atoms with van der Waals surface area (Å²) in [6.45, 7) is 15.0. The molecule has 192 valence electrons. The highest BCUT2D eigenvalue weighted by atomic mass is 16.5. The Balaban J connectivity index is 1.34. The van der Waals surface area contributed by atoms with Crippen molar-refractivity contribution < 1.29 is 14.3 Å². The van der Waals surface area contributed by atoms with Gasteiger partial charge in [-0.05, 0) is 77.3 Å². The van der Waals surface area contributed by atoms with Crippen molar-refractivity contribution in [2.75, 3.05) is 18.1 Å². The van der Waals surface area contributed by atoms with Crippen molar-refractivity contribution in [3.63, 3.8) is 0 Å². The standard InChI is InChI=1S/C31H40N2O3/c1-7-30(4,5)23-12-13-26-25(14-23)32(27(34)18-36-26)17-21-8-10-22(11-9-21)28(35)33-20-31(6)16-24(33)15-29(2,3)19-31/h8-14,24H,7,15-20H2,1-6H3. The van der Waals surface area contributed by atoms with Crippen LogP contribution in [0.15, 0.2) is 42.5 Å². The molecule has 1 aliphatic carbocycles. The highest BCUT2D eigenvalue weighted by molar-refractivity contribution is 5.98. The second-order valence-corrected chi connectivity index (χ2v) is 13.0. The molecule has 2 aromatic carbocycles. The predicted molar refractivity (Wildman–Crippen MR) is 143 cm³/mol. The Morgan fingerprint density at radius 2 is 1.81 bits per heavy atom. The lowest BCUT2D eigenvalue weighted by Gasteiger charge is -2.39. The normalized spacial score (nSPS) is 24.9. The average molecular weight is 489 g/mol. The second-order valence-electron chi connectivity index (χ2n) is 13.0. The van der Waals surface area contributed by atoms with Gasteiger partial charge in [0.1, 0.15) is 5.75 Å². The lowest BCUT2D eigenvalue weighted by Crippen LogP contribution is -2.38. The molecular formula is C31H40N2O3. The Kier molecular flexibility index (Phi) is 5.96. The van der Waals surface area contributed by atoms with E-state index in [1.165, 1.54) is 12.0 Å². The predicted octanol–water partition coefficient (Wildman–Crippen LogP) is 6.34. The number of rotatable bonds is 5. The van der Waals surface area contributed by atoms with E-state index >= 15 is 0 Å². The molecule has 1 saturated carbocycles. The molecule has 2 aromatic rings. The van der Waals surface area contributed by atoms with E-state index in [1.807, 2.05) is 35.2 Å². The molecule has 5 heteroatoms. The van der Waals surface area contributed by atoms with Crippen LogP contribution in [0.1, 0.15) is 88.7 Å². The van der Waals surface area contributed by atoms with Crippen molar-refractivity contribution in [3.05, 3.63) is 59.2 Å². The number of hydrogen-bond donors (Lipinski definition) is 0. The van der Waals surface area contributed by atoms with Gasteiger partial charge in [-0.25, -0.2) is 0 Å². The van der Waals surface area contributed by atoms with Crippen LogP contribution in [0.3, 0.4) is 0 Å². The molecule has 1 saturated heterocycles. The number of hydrogen-bond acceptors (Lipinski definition) is 3. The zero-order valence-electron chi connectivity index (χ0n) is 22.7. The fraction of sp³-hybridized carbons (Fsp3) is 0.548. The summed E-state index contributed by atoms with van der Waals surface area (Å²) in [5.41, 5.74) is 4.27.